The van der Waals surface area contributed by atoms with Crippen LogP contribution in [0, 0.1) is 6.92 Å². The molecule has 2 aromatic carbocycles. The highest BCUT2D eigenvalue weighted by molar-refractivity contribution is 5.48. The van der Waals surface area contributed by atoms with Gasteiger partial charge in [0.15, 0.2) is 0 Å². The number of ether oxygens (including phenoxy) is 2. The first-order chi connectivity index (χ1) is 13.6. The lowest BCUT2D eigenvalue weighted by Crippen LogP contribution is -2.22. The van der Waals surface area contributed by atoms with Gasteiger partial charge in [-0.15, -0.1) is 0 Å². The molecule has 0 aliphatic carbocycles. The molecule has 2 aromatic rings. The van der Waals surface area contributed by atoms with Crippen LogP contribution in [0.15, 0.2) is 41.5 Å². The highest BCUT2D eigenvalue weighted by atomic mass is 16.5. The van der Waals surface area contributed by atoms with Gasteiger partial charge in [-0.2, -0.15) is 5.53 Å². The van der Waals surface area contributed by atoms with E-state index in [-0.39, 0.29) is 10.8 Å². The van der Waals surface area contributed by atoms with Crippen molar-refractivity contribution in [1.82, 2.24) is 0 Å². The van der Waals surface area contributed by atoms with Gasteiger partial charge in [0.1, 0.15) is 30.4 Å². The van der Waals surface area contributed by atoms with Crippen molar-refractivity contribution in [2.24, 2.45) is 5.11 Å². The highest BCUT2D eigenvalue weighted by Gasteiger charge is 2.26. The fraction of sp³-hybridized carbons (Fsp3) is 0.520. The molecule has 4 nitrogen and oxygen atoms in total. The summed E-state index contributed by atoms with van der Waals surface area (Å²) in [5.41, 5.74) is 9.96. The van der Waals surface area contributed by atoms with Crippen LogP contribution in [0.2, 0.25) is 0 Å². The van der Waals surface area contributed by atoms with E-state index in [1.54, 1.807) is 0 Å². The molecule has 0 fully saturated rings. The maximum atomic E-state index is 6.16. The summed E-state index contributed by atoms with van der Waals surface area (Å²) < 4.78 is 12.0. The fourth-order valence-electron chi connectivity index (χ4n) is 3.17. The molecule has 0 saturated carbocycles. The number of hydrogen-bond donors (Lipinski definition) is 1. The van der Waals surface area contributed by atoms with Gasteiger partial charge in [-0.1, -0.05) is 53.7 Å². The molecule has 0 aliphatic rings. The first-order valence-corrected chi connectivity index (χ1v) is 10.6. The average Bonchev–Trinajstić information content (AvgIpc) is 2.71. The molecule has 29 heavy (non-hydrogen) atoms. The molecule has 0 aromatic heterocycles. The maximum absolute atomic E-state index is 6.16. The highest BCUT2D eigenvalue weighted by Crippen LogP contribution is 2.38. The number of aryl methyl sites for hydroxylation is 1. The third-order valence-electron chi connectivity index (χ3n) is 6.17. The van der Waals surface area contributed by atoms with Gasteiger partial charge in [0, 0.05) is 5.56 Å². The second-order valence-electron chi connectivity index (χ2n) is 8.96. The largest absolute Gasteiger partial charge is 0.490 e. The molecule has 158 valence electrons. The van der Waals surface area contributed by atoms with Crippen LogP contribution in [-0.2, 0) is 10.8 Å². The van der Waals surface area contributed by atoms with Crippen molar-refractivity contribution in [2.45, 2.75) is 72.1 Å². The average molecular weight is 398 g/mol. The summed E-state index contributed by atoms with van der Waals surface area (Å²) in [6.07, 6.45) is 2.15. The van der Waals surface area contributed by atoms with E-state index in [9.17, 15) is 0 Å². The van der Waals surface area contributed by atoms with Gasteiger partial charge < -0.3 is 9.47 Å². The summed E-state index contributed by atoms with van der Waals surface area (Å²) >= 11 is 0. The van der Waals surface area contributed by atoms with E-state index in [1.165, 1.54) is 11.1 Å². The van der Waals surface area contributed by atoms with Crippen molar-refractivity contribution in [3.63, 3.8) is 0 Å². The Kier molecular flexibility index (Phi) is 7.45. The molecule has 2 N–H and O–H groups in total. The van der Waals surface area contributed by atoms with Crippen molar-refractivity contribution < 1.29 is 15.0 Å². The maximum Gasteiger partial charge on any atom is 0.133 e. The van der Waals surface area contributed by atoms with Gasteiger partial charge in [-0.05, 0) is 71.1 Å². The van der Waals surface area contributed by atoms with Crippen molar-refractivity contribution >= 4 is 5.69 Å². The van der Waals surface area contributed by atoms with Crippen LogP contribution in [0.5, 0.6) is 11.5 Å². The Bertz CT molecular complexity index is 841. The minimum atomic E-state index is 0.0503. The van der Waals surface area contributed by atoms with E-state index in [2.05, 4.69) is 64.9 Å². The Morgan fingerprint density at radius 3 is 2.10 bits per heavy atom. The Morgan fingerprint density at radius 2 is 1.52 bits per heavy atom. The van der Waals surface area contributed by atoms with Crippen molar-refractivity contribution in [3.8, 4) is 11.5 Å². The molecule has 0 saturated heterocycles. The van der Waals surface area contributed by atoms with Gasteiger partial charge in [0.05, 0.1) is 0 Å². The summed E-state index contributed by atoms with van der Waals surface area (Å²) in [5, 5.41) is 3.74. The van der Waals surface area contributed by atoms with E-state index >= 15 is 0 Å². The van der Waals surface area contributed by atoms with Crippen LogP contribution >= 0.6 is 0 Å². The van der Waals surface area contributed by atoms with Gasteiger partial charge in [-0.3, -0.25) is 0 Å². The number of rotatable bonds is 10. The first kappa shape index (κ1) is 22.9. The van der Waals surface area contributed by atoms with Crippen LogP contribution in [0.1, 0.15) is 71.1 Å². The summed E-state index contributed by atoms with van der Waals surface area (Å²) in [6, 6.07) is 12.3. The van der Waals surface area contributed by atoms with Crippen LogP contribution in [0.4, 0.5) is 5.69 Å². The topological polar surface area (TPSA) is 56.4 Å². The number of nitrogens with two attached hydrogens (primary N) is 1. The smallest absolute Gasteiger partial charge is 0.133 e. The zero-order valence-corrected chi connectivity index (χ0v) is 19.1. The molecule has 0 atom stereocenters. The Morgan fingerprint density at radius 1 is 0.862 bits per heavy atom. The lowest BCUT2D eigenvalue weighted by Gasteiger charge is -2.30. The molecular formula is C25H37N2O2+. The molecule has 4 heteroatoms. The zero-order chi connectivity index (χ0) is 21.7. The van der Waals surface area contributed by atoms with Gasteiger partial charge in [0.2, 0.25) is 0 Å². The molecule has 0 aliphatic heterocycles. The minimum absolute atomic E-state index is 0.0503. The van der Waals surface area contributed by atoms with Crippen LogP contribution in [-0.4, -0.2) is 13.2 Å². The third-order valence-corrected chi connectivity index (χ3v) is 6.17. The lowest BCUT2D eigenvalue weighted by atomic mass is 9.76. The predicted molar refractivity (Wildman–Crippen MR) is 119 cm³/mol. The quantitative estimate of drug-likeness (QED) is 0.415. The number of benzene rings is 2. The van der Waals surface area contributed by atoms with E-state index in [0.29, 0.717) is 13.2 Å². The Labute approximate surface area is 176 Å². The van der Waals surface area contributed by atoms with Gasteiger partial charge in [-0.25, -0.2) is 0 Å². The van der Waals surface area contributed by atoms with E-state index in [1.807, 2.05) is 25.1 Å². The fourth-order valence-corrected chi connectivity index (χ4v) is 3.17. The molecular weight excluding hydrogens is 360 g/mol. The summed E-state index contributed by atoms with van der Waals surface area (Å²) in [7, 11) is 0. The molecule has 0 radical (unpaired) electrons. The zero-order valence-electron chi connectivity index (χ0n) is 19.1. The van der Waals surface area contributed by atoms with E-state index in [4.69, 9.17) is 15.0 Å². The second-order valence-corrected chi connectivity index (χ2v) is 8.96. The predicted octanol–water partition coefficient (Wildman–Crippen LogP) is 5.67. The minimum Gasteiger partial charge on any atom is -0.490 e. The van der Waals surface area contributed by atoms with Gasteiger partial charge >= 0.3 is 0 Å². The van der Waals surface area contributed by atoms with Crippen molar-refractivity contribution in [2.75, 3.05) is 13.2 Å². The monoisotopic (exact) mass is 397 g/mol. The summed E-state index contributed by atoms with van der Waals surface area (Å²) in [4.78, 5) is 0. The molecule has 0 amide bonds. The molecule has 0 bridgehead atoms. The van der Waals surface area contributed by atoms with Gasteiger partial charge in [0.25, 0.3) is 0 Å². The SMILES string of the molecule is CCC(C)(C)c1ccc(OCCOc2ccc(N=[NH2+])c(C)c2)c(C(C)(C)CC)c1. The Hall–Kier alpha value is -2.36. The first-order valence-electron chi connectivity index (χ1n) is 10.6. The Balaban J connectivity index is 2.11. The lowest BCUT2D eigenvalue weighted by molar-refractivity contribution is -0.210. The van der Waals surface area contributed by atoms with Crippen molar-refractivity contribution in [1.29, 1.82) is 0 Å². The van der Waals surface area contributed by atoms with Crippen LogP contribution < -0.4 is 15.0 Å². The second kappa shape index (κ2) is 9.43. The van der Waals surface area contributed by atoms with Crippen LogP contribution in [0.3, 0.4) is 0 Å². The standard InChI is InChI=1S/C25H36N2O2/c1-8-24(4,5)19-10-13-23(21(17-19)25(6,7)9-2)29-15-14-28-20-11-12-22(27-26)18(3)16-20/h10-13,16-17,26H,8-9,14-15H2,1-7H3/p+1. The van der Waals surface area contributed by atoms with Crippen LogP contribution in [0.25, 0.3) is 0 Å². The van der Waals surface area contributed by atoms with E-state index < -0.39 is 0 Å². The van der Waals surface area contributed by atoms with E-state index in [0.717, 1.165) is 35.6 Å². The molecule has 0 spiro atoms. The molecule has 2 rings (SSSR count). The number of hydrogen-bond acceptors (Lipinski definition) is 3. The normalized spacial score (nSPS) is 12.0. The summed E-state index contributed by atoms with van der Waals surface area (Å²) in [5.74, 6) is 1.75. The molecule has 0 heterocycles. The molecule has 0 unspecified atom stereocenters. The number of nitrogens with zero attached hydrogens (tertiary/aromatic N) is 1. The van der Waals surface area contributed by atoms with Crippen molar-refractivity contribution in [3.05, 3.63) is 53.1 Å². The summed E-state index contributed by atoms with van der Waals surface area (Å²) in [6.45, 7) is 16.6. The third kappa shape index (κ3) is 5.59.